The second-order valence-corrected chi connectivity index (χ2v) is 9.11. The molecule has 0 aliphatic carbocycles. The summed E-state index contributed by atoms with van der Waals surface area (Å²) in [6.45, 7) is 5.45. The first-order valence-electron chi connectivity index (χ1n) is 9.55. The number of thioether (sulfide) groups is 1. The number of nitrogens with zero attached hydrogens (tertiary/aromatic N) is 2. The van der Waals surface area contributed by atoms with Crippen molar-refractivity contribution in [2.24, 2.45) is 0 Å². The van der Waals surface area contributed by atoms with Crippen molar-refractivity contribution < 1.29 is 0 Å². The highest BCUT2D eigenvalue weighted by Crippen LogP contribution is 2.42. The molecule has 0 aliphatic rings. The predicted octanol–water partition coefficient (Wildman–Crippen LogP) is 6.81. The Morgan fingerprint density at radius 1 is 1.07 bits per heavy atom. The van der Waals surface area contributed by atoms with E-state index >= 15 is 0 Å². The van der Waals surface area contributed by atoms with Crippen molar-refractivity contribution in [1.82, 2.24) is 9.55 Å². The van der Waals surface area contributed by atoms with Crippen LogP contribution >= 0.6 is 23.4 Å². The van der Waals surface area contributed by atoms with E-state index < -0.39 is 0 Å². The normalized spacial score (nSPS) is 13.4. The Balaban J connectivity index is 1.87. The molecule has 1 aromatic heterocycles. The van der Waals surface area contributed by atoms with Crippen molar-refractivity contribution in [3.63, 3.8) is 0 Å². The molecule has 0 saturated carbocycles. The van der Waals surface area contributed by atoms with Gasteiger partial charge in [0.05, 0.1) is 6.33 Å². The third kappa shape index (κ3) is 5.63. The number of halogens is 1. The van der Waals surface area contributed by atoms with Crippen LogP contribution in [-0.4, -0.2) is 14.3 Å². The summed E-state index contributed by atoms with van der Waals surface area (Å²) in [6.07, 6.45) is 10.4. The highest BCUT2D eigenvalue weighted by molar-refractivity contribution is 8.00. The molecule has 2 aromatic carbocycles. The first-order valence-corrected chi connectivity index (χ1v) is 10.7. The predicted molar refractivity (Wildman–Crippen MR) is 117 cm³/mol. The zero-order chi connectivity index (χ0) is 19.1. The molecule has 27 heavy (non-hydrogen) atoms. The molecular weight excluding hydrogens is 372 g/mol. The van der Waals surface area contributed by atoms with Crippen LogP contribution in [0.15, 0.2) is 72.1 Å². The van der Waals surface area contributed by atoms with Crippen LogP contribution in [0.4, 0.5) is 0 Å². The molecular formula is C23H27ClN2S. The third-order valence-corrected chi connectivity index (χ3v) is 6.84. The maximum absolute atomic E-state index is 6.06. The van der Waals surface area contributed by atoms with Crippen molar-refractivity contribution in [2.45, 2.75) is 55.7 Å². The first kappa shape index (κ1) is 20.0. The van der Waals surface area contributed by atoms with Gasteiger partial charge < -0.3 is 4.57 Å². The van der Waals surface area contributed by atoms with E-state index in [0.29, 0.717) is 0 Å². The molecule has 3 aromatic rings. The van der Waals surface area contributed by atoms with Gasteiger partial charge in [-0.3, -0.25) is 0 Å². The Morgan fingerprint density at radius 2 is 1.85 bits per heavy atom. The number of benzene rings is 2. The smallest absolute Gasteiger partial charge is 0.0946 e. The molecule has 0 amide bonds. The largest absolute Gasteiger partial charge is 0.336 e. The minimum atomic E-state index is 0.126. The van der Waals surface area contributed by atoms with Gasteiger partial charge in [-0.2, -0.15) is 0 Å². The van der Waals surface area contributed by atoms with Gasteiger partial charge >= 0.3 is 0 Å². The minimum absolute atomic E-state index is 0.126. The van der Waals surface area contributed by atoms with Crippen LogP contribution < -0.4 is 0 Å². The minimum Gasteiger partial charge on any atom is -0.336 e. The average molecular weight is 399 g/mol. The fraction of sp³-hybridized carbons (Fsp3) is 0.348. The van der Waals surface area contributed by atoms with Crippen molar-refractivity contribution in [3.05, 3.63) is 83.4 Å². The van der Waals surface area contributed by atoms with Crippen molar-refractivity contribution in [1.29, 1.82) is 0 Å². The van der Waals surface area contributed by atoms with Crippen LogP contribution in [0.25, 0.3) is 0 Å². The van der Waals surface area contributed by atoms with E-state index in [4.69, 9.17) is 11.6 Å². The highest BCUT2D eigenvalue weighted by atomic mass is 35.5. The standard InChI is InChI=1S/C23H27ClN2S/c1-3-13-23(17-26-16-15-25-18-26,27-22-7-5-4-6-19(22)2)14-12-20-8-10-21(24)11-9-20/h4-11,15-16,18H,3,12-14,17H2,1-2H3. The molecule has 0 radical (unpaired) electrons. The molecule has 4 heteroatoms. The summed E-state index contributed by atoms with van der Waals surface area (Å²) < 4.78 is 2.35. The Labute approximate surface area is 172 Å². The summed E-state index contributed by atoms with van der Waals surface area (Å²) in [4.78, 5) is 5.64. The summed E-state index contributed by atoms with van der Waals surface area (Å²) in [5.74, 6) is 0. The molecule has 2 nitrogen and oxygen atoms in total. The summed E-state index contributed by atoms with van der Waals surface area (Å²) in [7, 11) is 0. The fourth-order valence-electron chi connectivity index (χ4n) is 3.51. The molecule has 0 saturated heterocycles. The van der Waals surface area contributed by atoms with Crippen LogP contribution in [0.1, 0.15) is 37.3 Å². The third-order valence-electron chi connectivity index (χ3n) is 4.94. The van der Waals surface area contributed by atoms with Gasteiger partial charge in [0.15, 0.2) is 0 Å². The number of rotatable bonds is 9. The van der Waals surface area contributed by atoms with Gasteiger partial charge in [-0.15, -0.1) is 11.8 Å². The number of aromatic nitrogens is 2. The highest BCUT2D eigenvalue weighted by Gasteiger charge is 2.31. The fourth-order valence-corrected chi connectivity index (χ4v) is 5.21. The van der Waals surface area contributed by atoms with Crippen LogP contribution in [-0.2, 0) is 13.0 Å². The number of hydrogen-bond donors (Lipinski definition) is 0. The van der Waals surface area contributed by atoms with E-state index in [1.807, 2.05) is 36.4 Å². The van der Waals surface area contributed by atoms with E-state index in [2.05, 4.69) is 66.0 Å². The lowest BCUT2D eigenvalue weighted by Crippen LogP contribution is -2.31. The second kappa shape index (κ2) is 9.48. The molecule has 0 fully saturated rings. The molecule has 1 heterocycles. The van der Waals surface area contributed by atoms with Crippen LogP contribution in [0.3, 0.4) is 0 Å². The van der Waals surface area contributed by atoms with Crippen LogP contribution in [0, 0.1) is 6.92 Å². The Kier molecular flexibility index (Phi) is 7.03. The van der Waals surface area contributed by atoms with E-state index in [9.17, 15) is 0 Å². The molecule has 0 N–H and O–H groups in total. The second-order valence-electron chi connectivity index (χ2n) is 7.16. The van der Waals surface area contributed by atoms with Gasteiger partial charge in [-0.1, -0.05) is 55.3 Å². The zero-order valence-corrected chi connectivity index (χ0v) is 17.6. The van der Waals surface area contributed by atoms with Crippen molar-refractivity contribution in [2.75, 3.05) is 0 Å². The molecule has 142 valence electrons. The molecule has 3 rings (SSSR count). The van der Waals surface area contributed by atoms with Gasteiger partial charge in [0, 0.05) is 33.6 Å². The van der Waals surface area contributed by atoms with Crippen LogP contribution in [0.5, 0.6) is 0 Å². The summed E-state index contributed by atoms with van der Waals surface area (Å²) in [6, 6.07) is 17.0. The average Bonchev–Trinajstić information content (AvgIpc) is 3.16. The van der Waals surface area contributed by atoms with Crippen molar-refractivity contribution >= 4 is 23.4 Å². The van der Waals surface area contributed by atoms with Crippen molar-refractivity contribution in [3.8, 4) is 0 Å². The van der Waals surface area contributed by atoms with Gasteiger partial charge in [-0.25, -0.2) is 4.98 Å². The Hall–Kier alpha value is -1.71. The number of hydrogen-bond acceptors (Lipinski definition) is 2. The van der Waals surface area contributed by atoms with Gasteiger partial charge in [0.1, 0.15) is 0 Å². The van der Waals surface area contributed by atoms with E-state index in [1.165, 1.54) is 16.0 Å². The molecule has 0 bridgehead atoms. The molecule has 1 unspecified atom stereocenters. The lowest BCUT2D eigenvalue weighted by atomic mass is 9.94. The molecule has 0 spiro atoms. The lowest BCUT2D eigenvalue weighted by molar-refractivity contribution is 0.429. The topological polar surface area (TPSA) is 17.8 Å². The van der Waals surface area contributed by atoms with Gasteiger partial charge in [0.2, 0.25) is 0 Å². The first-order chi connectivity index (χ1) is 13.1. The number of aryl methyl sites for hydroxylation is 2. The monoisotopic (exact) mass is 398 g/mol. The summed E-state index contributed by atoms with van der Waals surface area (Å²) in [5.41, 5.74) is 2.69. The maximum atomic E-state index is 6.06. The Morgan fingerprint density at radius 3 is 2.52 bits per heavy atom. The molecule has 0 aliphatic heterocycles. The zero-order valence-electron chi connectivity index (χ0n) is 16.1. The Bertz CT molecular complexity index is 830. The SMILES string of the molecule is CCCC(CCc1ccc(Cl)cc1)(Cn1ccnc1)Sc1ccccc1C. The van der Waals surface area contributed by atoms with E-state index in [1.54, 1.807) is 0 Å². The van der Waals surface area contributed by atoms with E-state index in [-0.39, 0.29) is 4.75 Å². The maximum Gasteiger partial charge on any atom is 0.0946 e. The number of imidazole rings is 1. The summed E-state index contributed by atoms with van der Waals surface area (Å²) in [5, 5.41) is 0.797. The van der Waals surface area contributed by atoms with Gasteiger partial charge in [-0.05, 0) is 55.5 Å². The van der Waals surface area contributed by atoms with Crippen LogP contribution in [0.2, 0.25) is 5.02 Å². The van der Waals surface area contributed by atoms with E-state index in [0.717, 1.165) is 37.3 Å². The summed E-state index contributed by atoms with van der Waals surface area (Å²) >= 11 is 8.09. The molecule has 1 atom stereocenters. The lowest BCUT2D eigenvalue weighted by Gasteiger charge is -2.34. The quantitative estimate of drug-likeness (QED) is 0.368. The van der Waals surface area contributed by atoms with Gasteiger partial charge in [0.25, 0.3) is 0 Å².